The molecule has 27 heavy (non-hydrogen) atoms. The number of sulfone groups is 1. The van der Waals surface area contributed by atoms with Gasteiger partial charge in [0.05, 0.1) is 18.6 Å². The molecule has 0 bridgehead atoms. The summed E-state index contributed by atoms with van der Waals surface area (Å²) >= 11 is 5.91. The second-order valence-corrected chi connectivity index (χ2v) is 9.58. The molecule has 9 heteroatoms. The molecule has 0 saturated carbocycles. The van der Waals surface area contributed by atoms with Crippen LogP contribution in [-0.4, -0.2) is 63.0 Å². The lowest BCUT2D eigenvalue weighted by molar-refractivity contribution is -0.137. The van der Waals surface area contributed by atoms with Gasteiger partial charge in [0.2, 0.25) is 0 Å². The van der Waals surface area contributed by atoms with Gasteiger partial charge in [-0.05, 0) is 30.5 Å². The van der Waals surface area contributed by atoms with Crippen molar-refractivity contribution in [2.75, 3.05) is 31.8 Å². The lowest BCUT2D eigenvalue weighted by Crippen LogP contribution is -2.45. The SMILES string of the molecule is COc1ccc(Cl)cc1C(=O)OCC(=O)N(CC(C)C)[C@@H]1CCS(=O)(=O)C1. The summed E-state index contributed by atoms with van der Waals surface area (Å²) in [6.45, 7) is 3.80. The van der Waals surface area contributed by atoms with E-state index in [-0.39, 0.29) is 34.8 Å². The number of methoxy groups -OCH3 is 1. The van der Waals surface area contributed by atoms with E-state index in [9.17, 15) is 18.0 Å². The van der Waals surface area contributed by atoms with E-state index in [1.54, 1.807) is 6.07 Å². The summed E-state index contributed by atoms with van der Waals surface area (Å²) in [5, 5.41) is 0.340. The Kier molecular flexibility index (Phi) is 7.11. The Bertz CT molecular complexity index is 808. The van der Waals surface area contributed by atoms with E-state index < -0.39 is 28.3 Å². The van der Waals surface area contributed by atoms with E-state index in [4.69, 9.17) is 21.1 Å². The third-order valence-corrected chi connectivity index (χ3v) is 6.22. The van der Waals surface area contributed by atoms with Crippen molar-refractivity contribution in [3.05, 3.63) is 28.8 Å². The molecule has 7 nitrogen and oxygen atoms in total. The molecule has 150 valence electrons. The van der Waals surface area contributed by atoms with Crippen LogP contribution in [0.5, 0.6) is 5.75 Å². The molecule has 1 amide bonds. The lowest BCUT2D eigenvalue weighted by atomic mass is 10.1. The molecule has 1 atom stereocenters. The van der Waals surface area contributed by atoms with Crippen molar-refractivity contribution < 1.29 is 27.5 Å². The quantitative estimate of drug-likeness (QED) is 0.631. The van der Waals surface area contributed by atoms with Crippen molar-refractivity contribution in [3.63, 3.8) is 0 Å². The zero-order chi connectivity index (χ0) is 20.2. The molecule has 0 unspecified atom stereocenters. The highest BCUT2D eigenvalue weighted by atomic mass is 35.5. The number of carbonyl (C=O) groups is 2. The Balaban J connectivity index is 2.07. The van der Waals surface area contributed by atoms with Gasteiger partial charge < -0.3 is 14.4 Å². The molecule has 1 heterocycles. The van der Waals surface area contributed by atoms with Crippen LogP contribution in [-0.2, 0) is 19.4 Å². The molecule has 0 radical (unpaired) electrons. The first-order valence-electron chi connectivity index (χ1n) is 8.63. The fourth-order valence-electron chi connectivity index (χ4n) is 3.00. The molecule has 0 aliphatic carbocycles. The van der Waals surface area contributed by atoms with E-state index in [1.807, 2.05) is 13.8 Å². The van der Waals surface area contributed by atoms with E-state index in [2.05, 4.69) is 0 Å². The average molecular weight is 418 g/mol. The summed E-state index contributed by atoms with van der Waals surface area (Å²) in [6.07, 6.45) is 0.400. The molecular formula is C18H24ClNO6S. The maximum absolute atomic E-state index is 12.6. The van der Waals surface area contributed by atoms with Crippen LogP contribution < -0.4 is 4.74 Å². The van der Waals surface area contributed by atoms with Gasteiger partial charge in [-0.3, -0.25) is 4.79 Å². The Morgan fingerprint density at radius 1 is 1.33 bits per heavy atom. The number of hydrogen-bond donors (Lipinski definition) is 0. The van der Waals surface area contributed by atoms with Crippen LogP contribution in [0.2, 0.25) is 5.02 Å². The number of ether oxygens (including phenoxy) is 2. The van der Waals surface area contributed by atoms with Crippen molar-refractivity contribution in [1.29, 1.82) is 0 Å². The number of halogens is 1. The maximum atomic E-state index is 12.6. The summed E-state index contributed by atoms with van der Waals surface area (Å²) in [7, 11) is -1.72. The number of benzene rings is 1. The molecule has 2 rings (SSSR count). The minimum absolute atomic E-state index is 0.0540. The topological polar surface area (TPSA) is 90.0 Å². The second kappa shape index (κ2) is 8.93. The smallest absolute Gasteiger partial charge is 0.342 e. The fraction of sp³-hybridized carbons (Fsp3) is 0.556. The monoisotopic (exact) mass is 417 g/mol. The number of amides is 1. The largest absolute Gasteiger partial charge is 0.496 e. The van der Waals surface area contributed by atoms with E-state index in [0.29, 0.717) is 18.0 Å². The molecule has 1 aromatic carbocycles. The summed E-state index contributed by atoms with van der Waals surface area (Å²) < 4.78 is 33.8. The minimum atomic E-state index is -3.13. The standard InChI is InChI=1S/C18H24ClNO6S/c1-12(2)9-20(14-6-7-27(23,24)11-14)17(21)10-26-18(22)15-8-13(19)4-5-16(15)25-3/h4-5,8,12,14H,6-7,9-11H2,1-3H3/t14-/m1/s1. The zero-order valence-corrected chi connectivity index (χ0v) is 17.2. The van der Waals surface area contributed by atoms with Crippen molar-refractivity contribution in [1.82, 2.24) is 4.90 Å². The molecule has 0 N–H and O–H groups in total. The third kappa shape index (κ3) is 5.84. The van der Waals surface area contributed by atoms with Crippen molar-refractivity contribution in [3.8, 4) is 5.75 Å². The molecule has 1 saturated heterocycles. The second-order valence-electron chi connectivity index (χ2n) is 6.92. The maximum Gasteiger partial charge on any atom is 0.342 e. The molecule has 0 spiro atoms. The van der Waals surface area contributed by atoms with Crippen LogP contribution in [0.1, 0.15) is 30.6 Å². The highest BCUT2D eigenvalue weighted by molar-refractivity contribution is 7.91. The lowest BCUT2D eigenvalue weighted by Gasteiger charge is -2.29. The first kappa shape index (κ1) is 21.5. The molecule has 1 fully saturated rings. The van der Waals surface area contributed by atoms with Gasteiger partial charge in [-0.15, -0.1) is 0 Å². The predicted molar refractivity (Wildman–Crippen MR) is 102 cm³/mol. The minimum Gasteiger partial charge on any atom is -0.496 e. The van der Waals surface area contributed by atoms with Gasteiger partial charge in [-0.1, -0.05) is 25.4 Å². The number of hydrogen-bond acceptors (Lipinski definition) is 6. The van der Waals surface area contributed by atoms with E-state index in [0.717, 1.165) is 0 Å². The van der Waals surface area contributed by atoms with Crippen LogP contribution in [0.15, 0.2) is 18.2 Å². The number of esters is 1. The summed E-state index contributed by atoms with van der Waals surface area (Å²) in [5.74, 6) is -0.689. The summed E-state index contributed by atoms with van der Waals surface area (Å²) in [6, 6.07) is 4.13. The van der Waals surface area contributed by atoms with Crippen molar-refractivity contribution >= 4 is 33.3 Å². The van der Waals surface area contributed by atoms with Crippen LogP contribution in [0.4, 0.5) is 0 Å². The highest BCUT2D eigenvalue weighted by Crippen LogP contribution is 2.24. The zero-order valence-electron chi connectivity index (χ0n) is 15.6. The Morgan fingerprint density at radius 2 is 2.04 bits per heavy atom. The third-order valence-electron chi connectivity index (χ3n) is 4.24. The molecule has 1 aliphatic heterocycles. The normalized spacial score (nSPS) is 18.3. The predicted octanol–water partition coefficient (Wildman–Crippen LogP) is 2.18. The first-order chi connectivity index (χ1) is 12.6. The number of carbonyl (C=O) groups excluding carboxylic acids is 2. The van der Waals surface area contributed by atoms with Gasteiger partial charge in [0.25, 0.3) is 5.91 Å². The van der Waals surface area contributed by atoms with Gasteiger partial charge in [0.15, 0.2) is 16.4 Å². The van der Waals surface area contributed by atoms with Crippen molar-refractivity contribution in [2.24, 2.45) is 5.92 Å². The van der Waals surface area contributed by atoms with E-state index in [1.165, 1.54) is 24.1 Å². The van der Waals surface area contributed by atoms with Gasteiger partial charge >= 0.3 is 5.97 Å². The fourth-order valence-corrected chi connectivity index (χ4v) is 4.90. The molecule has 1 aliphatic rings. The average Bonchev–Trinajstić information content (AvgIpc) is 2.96. The van der Waals surface area contributed by atoms with Crippen LogP contribution in [0.25, 0.3) is 0 Å². The molecular weight excluding hydrogens is 394 g/mol. The number of nitrogens with zero attached hydrogens (tertiary/aromatic N) is 1. The summed E-state index contributed by atoms with van der Waals surface area (Å²) in [4.78, 5) is 26.5. The molecule has 0 aromatic heterocycles. The highest BCUT2D eigenvalue weighted by Gasteiger charge is 2.35. The molecule has 1 aromatic rings. The van der Waals surface area contributed by atoms with Gasteiger partial charge in [-0.2, -0.15) is 0 Å². The Hall–Kier alpha value is -1.80. The van der Waals surface area contributed by atoms with Gasteiger partial charge in [0, 0.05) is 17.6 Å². The Morgan fingerprint density at radius 3 is 2.59 bits per heavy atom. The van der Waals surface area contributed by atoms with E-state index >= 15 is 0 Å². The number of rotatable bonds is 7. The van der Waals surface area contributed by atoms with Crippen LogP contribution in [0.3, 0.4) is 0 Å². The Labute approximate surface area is 164 Å². The van der Waals surface area contributed by atoms with Crippen LogP contribution >= 0.6 is 11.6 Å². The van der Waals surface area contributed by atoms with Gasteiger partial charge in [0.1, 0.15) is 11.3 Å². The van der Waals surface area contributed by atoms with Crippen LogP contribution in [0, 0.1) is 5.92 Å². The first-order valence-corrected chi connectivity index (χ1v) is 10.8. The van der Waals surface area contributed by atoms with Crippen molar-refractivity contribution in [2.45, 2.75) is 26.3 Å². The van der Waals surface area contributed by atoms with Gasteiger partial charge in [-0.25, -0.2) is 13.2 Å². The summed E-state index contributed by atoms with van der Waals surface area (Å²) in [5.41, 5.74) is 0.122.